The maximum Gasteiger partial charge on any atom is 0.231 e. The monoisotopic (exact) mass is 289 g/mol. The highest BCUT2D eigenvalue weighted by molar-refractivity contribution is 5.97. The van der Waals surface area contributed by atoms with Crippen LogP contribution in [-0.4, -0.2) is 10.8 Å². The van der Waals surface area contributed by atoms with Crippen molar-refractivity contribution in [3.05, 3.63) is 84.7 Å². The molecule has 2 aromatic heterocycles. The molecule has 0 radical (unpaired) electrons. The molecule has 2 heterocycles. The van der Waals surface area contributed by atoms with Crippen LogP contribution in [0.3, 0.4) is 0 Å². The lowest BCUT2D eigenvalue weighted by Crippen LogP contribution is -2.44. The number of ketones is 1. The summed E-state index contributed by atoms with van der Waals surface area (Å²) in [6.45, 7) is 1.92. The first-order valence-corrected chi connectivity index (χ1v) is 7.28. The Morgan fingerprint density at radius 3 is 2.41 bits per heavy atom. The minimum atomic E-state index is -0.291. The molecule has 1 atom stereocenters. The zero-order valence-corrected chi connectivity index (χ0v) is 12.4. The van der Waals surface area contributed by atoms with Gasteiger partial charge in [0.15, 0.2) is 6.20 Å². The van der Waals surface area contributed by atoms with Gasteiger partial charge in [0, 0.05) is 30.8 Å². The van der Waals surface area contributed by atoms with Crippen LogP contribution in [0, 0.1) is 0 Å². The van der Waals surface area contributed by atoms with Crippen molar-refractivity contribution in [2.45, 2.75) is 13.0 Å². The van der Waals surface area contributed by atoms with Gasteiger partial charge in [-0.2, -0.15) is 4.57 Å². The molecular formula is C19H17N2O+. The van der Waals surface area contributed by atoms with Crippen molar-refractivity contribution in [2.24, 2.45) is 0 Å². The third-order valence-electron chi connectivity index (χ3n) is 3.67. The van der Waals surface area contributed by atoms with Gasteiger partial charge in [0.25, 0.3) is 0 Å². The zero-order valence-electron chi connectivity index (χ0n) is 12.4. The van der Waals surface area contributed by atoms with Gasteiger partial charge in [-0.3, -0.25) is 4.79 Å². The molecule has 3 heteroatoms. The van der Waals surface area contributed by atoms with Crippen molar-refractivity contribution in [3.63, 3.8) is 0 Å². The molecule has 0 amide bonds. The smallest absolute Gasteiger partial charge is 0.231 e. The Balaban J connectivity index is 2.00. The first-order valence-electron chi connectivity index (χ1n) is 7.28. The van der Waals surface area contributed by atoms with E-state index in [2.05, 4.69) is 4.98 Å². The summed E-state index contributed by atoms with van der Waals surface area (Å²) in [5.41, 5.74) is 2.51. The molecule has 0 aliphatic heterocycles. The Labute approximate surface area is 129 Å². The molecule has 1 unspecified atom stereocenters. The molecule has 22 heavy (non-hydrogen) atoms. The van der Waals surface area contributed by atoms with E-state index in [4.69, 9.17) is 0 Å². The van der Waals surface area contributed by atoms with Crippen molar-refractivity contribution in [1.82, 2.24) is 4.98 Å². The summed E-state index contributed by atoms with van der Waals surface area (Å²) in [5.74, 6) is 0.0916. The van der Waals surface area contributed by atoms with Crippen molar-refractivity contribution in [2.75, 3.05) is 0 Å². The Bertz CT molecular complexity index is 770. The van der Waals surface area contributed by atoms with Crippen LogP contribution in [0.5, 0.6) is 0 Å². The van der Waals surface area contributed by atoms with E-state index in [9.17, 15) is 4.79 Å². The third kappa shape index (κ3) is 2.79. The van der Waals surface area contributed by atoms with E-state index in [0.29, 0.717) is 0 Å². The Morgan fingerprint density at radius 2 is 1.68 bits per heavy atom. The highest BCUT2D eigenvalue weighted by Crippen LogP contribution is 2.15. The Hall–Kier alpha value is -2.81. The first kappa shape index (κ1) is 14.1. The summed E-state index contributed by atoms with van der Waals surface area (Å²) in [7, 11) is 0. The molecule has 1 aromatic carbocycles. The fourth-order valence-corrected chi connectivity index (χ4v) is 2.50. The molecule has 0 bridgehead atoms. The summed E-state index contributed by atoms with van der Waals surface area (Å²) in [4.78, 5) is 17.1. The number of nitrogens with zero attached hydrogens (tertiary/aromatic N) is 2. The second-order valence-corrected chi connectivity index (χ2v) is 5.11. The number of hydrogen-bond donors (Lipinski definition) is 0. The van der Waals surface area contributed by atoms with Crippen molar-refractivity contribution >= 4 is 5.78 Å². The van der Waals surface area contributed by atoms with Gasteiger partial charge >= 0.3 is 0 Å². The maximum absolute atomic E-state index is 12.7. The normalized spacial score (nSPS) is 11.9. The number of carbonyl (C=O) groups is 1. The fraction of sp³-hybridized carbons (Fsp3) is 0.105. The lowest BCUT2D eigenvalue weighted by molar-refractivity contribution is -0.694. The van der Waals surface area contributed by atoms with E-state index < -0.39 is 0 Å². The predicted molar refractivity (Wildman–Crippen MR) is 85.4 cm³/mol. The number of hydrogen-bond acceptors (Lipinski definition) is 2. The summed E-state index contributed by atoms with van der Waals surface area (Å²) < 4.78 is 1.97. The van der Waals surface area contributed by atoms with Crippen LogP contribution in [0.1, 0.15) is 23.3 Å². The van der Waals surface area contributed by atoms with Crippen molar-refractivity contribution in [3.8, 4) is 11.4 Å². The number of carbonyl (C=O) groups excluding carboxylic acids is 1. The second-order valence-electron chi connectivity index (χ2n) is 5.11. The minimum Gasteiger partial charge on any atom is -0.287 e. The van der Waals surface area contributed by atoms with Gasteiger partial charge < -0.3 is 0 Å². The van der Waals surface area contributed by atoms with Gasteiger partial charge in [0.2, 0.25) is 17.5 Å². The molecule has 0 saturated heterocycles. The summed E-state index contributed by atoms with van der Waals surface area (Å²) in [5, 5.41) is 0. The molecule has 3 aromatic rings. The fourth-order valence-electron chi connectivity index (χ4n) is 2.50. The van der Waals surface area contributed by atoms with Gasteiger partial charge in [-0.25, -0.2) is 4.98 Å². The summed E-state index contributed by atoms with van der Waals surface area (Å²) in [6.07, 6.45) is 3.69. The number of benzene rings is 1. The van der Waals surface area contributed by atoms with Gasteiger partial charge in [-0.1, -0.05) is 36.4 Å². The molecule has 3 rings (SSSR count). The molecule has 0 N–H and O–H groups in total. The number of aromatic nitrogens is 2. The molecule has 3 nitrogen and oxygen atoms in total. The Morgan fingerprint density at radius 1 is 0.955 bits per heavy atom. The standard InChI is InChI=1S/C19H17N2O/c1-15(19(22)16-9-3-2-4-10-16)21-14-8-6-12-18(21)17-11-5-7-13-20-17/h2-15H,1H3/q+1. The molecule has 0 aliphatic rings. The second kappa shape index (κ2) is 6.31. The quantitative estimate of drug-likeness (QED) is 0.544. The van der Waals surface area contributed by atoms with E-state index >= 15 is 0 Å². The van der Waals surface area contributed by atoms with Crippen LogP contribution in [0.15, 0.2) is 79.1 Å². The molecular weight excluding hydrogens is 272 g/mol. The summed E-state index contributed by atoms with van der Waals surface area (Å²) in [6, 6.07) is 20.7. The molecule has 108 valence electrons. The van der Waals surface area contributed by atoms with Crippen LogP contribution in [0.2, 0.25) is 0 Å². The molecule has 0 spiro atoms. The van der Waals surface area contributed by atoms with Crippen LogP contribution in [0.4, 0.5) is 0 Å². The average Bonchev–Trinajstić information content (AvgIpc) is 2.62. The van der Waals surface area contributed by atoms with Gasteiger partial charge in [-0.05, 0) is 18.2 Å². The average molecular weight is 289 g/mol. The van der Waals surface area contributed by atoms with E-state index in [-0.39, 0.29) is 11.8 Å². The lowest BCUT2D eigenvalue weighted by atomic mass is 10.0. The largest absolute Gasteiger partial charge is 0.287 e. The van der Waals surface area contributed by atoms with E-state index in [1.54, 1.807) is 6.20 Å². The van der Waals surface area contributed by atoms with Gasteiger partial charge in [-0.15, -0.1) is 0 Å². The lowest BCUT2D eigenvalue weighted by Gasteiger charge is -2.10. The van der Waals surface area contributed by atoms with Crippen LogP contribution in [-0.2, 0) is 0 Å². The molecule has 0 fully saturated rings. The highest BCUT2D eigenvalue weighted by atomic mass is 16.1. The number of pyridine rings is 2. The number of rotatable bonds is 4. The first-order chi connectivity index (χ1) is 10.8. The Kier molecular flexibility index (Phi) is 4.05. The van der Waals surface area contributed by atoms with Crippen LogP contribution < -0.4 is 4.57 Å². The highest BCUT2D eigenvalue weighted by Gasteiger charge is 2.27. The van der Waals surface area contributed by atoms with Gasteiger partial charge in [0.05, 0.1) is 0 Å². The summed E-state index contributed by atoms with van der Waals surface area (Å²) >= 11 is 0. The van der Waals surface area contributed by atoms with E-state index in [1.165, 1.54) is 0 Å². The SMILES string of the molecule is CC(C(=O)c1ccccc1)[n+]1ccccc1-c1ccccn1. The van der Waals surface area contributed by atoms with Crippen molar-refractivity contribution < 1.29 is 9.36 Å². The molecule has 0 saturated carbocycles. The van der Waals surface area contributed by atoms with E-state index in [1.807, 2.05) is 84.4 Å². The maximum atomic E-state index is 12.7. The van der Waals surface area contributed by atoms with E-state index in [0.717, 1.165) is 17.0 Å². The van der Waals surface area contributed by atoms with Crippen molar-refractivity contribution in [1.29, 1.82) is 0 Å². The third-order valence-corrected chi connectivity index (χ3v) is 3.67. The molecule has 0 aliphatic carbocycles. The van der Waals surface area contributed by atoms with Crippen LogP contribution in [0.25, 0.3) is 11.4 Å². The number of Topliss-reactive ketones (excluding diaryl/α,β-unsaturated/α-hetero) is 1. The van der Waals surface area contributed by atoms with Crippen LogP contribution >= 0.6 is 0 Å². The minimum absolute atomic E-state index is 0.0916. The zero-order chi connectivity index (χ0) is 15.4. The topological polar surface area (TPSA) is 33.8 Å². The predicted octanol–water partition coefficient (Wildman–Crippen LogP) is 3.48. The van der Waals surface area contributed by atoms with Gasteiger partial charge in [0.1, 0.15) is 5.69 Å².